The molecule has 3 aromatic rings. The number of aromatic amines is 1. The van der Waals surface area contributed by atoms with E-state index >= 15 is 0 Å². The summed E-state index contributed by atoms with van der Waals surface area (Å²) in [6.07, 6.45) is -3.32. The number of imidazole rings is 1. The van der Waals surface area contributed by atoms with Gasteiger partial charge in [0.1, 0.15) is 23.7 Å². The summed E-state index contributed by atoms with van der Waals surface area (Å²) in [5, 5.41) is 8.38. The first kappa shape index (κ1) is 41.0. The normalized spacial score (nSPS) is 20.5. The van der Waals surface area contributed by atoms with Crippen LogP contribution < -0.4 is 16.0 Å². The number of ether oxygens (including phenoxy) is 2. The summed E-state index contributed by atoms with van der Waals surface area (Å²) < 4.78 is 48.4. The monoisotopic (exact) mass is 794 g/mol. The van der Waals surface area contributed by atoms with Crippen molar-refractivity contribution in [2.75, 3.05) is 33.9 Å². The minimum Gasteiger partial charge on any atom is -0.453 e. The highest BCUT2D eigenvalue weighted by atomic mass is 19.4. The molecule has 2 aromatic carbocycles. The van der Waals surface area contributed by atoms with E-state index in [9.17, 15) is 32.3 Å². The van der Waals surface area contributed by atoms with Gasteiger partial charge in [-0.2, -0.15) is 13.2 Å². The van der Waals surface area contributed by atoms with E-state index < -0.39 is 55.2 Å². The number of amides is 4. The SMILES string of the molecule is COC(=O)N[C@@H](CCC(F)(F)F)C(=O)N1CCC[C@H]1C1=NCC(c2ccc(-c3ccc(-c4cnc([C@@H]5CCCN5C(=O)[C@@H](NC(=O)OC)C(C)C)[nH]4)cc3)cc2)N1. The van der Waals surface area contributed by atoms with Crippen LogP contribution in [0.25, 0.3) is 22.4 Å². The zero-order chi connectivity index (χ0) is 40.9. The molecule has 57 heavy (non-hydrogen) atoms. The van der Waals surface area contributed by atoms with Crippen molar-refractivity contribution in [3.63, 3.8) is 0 Å². The average Bonchev–Trinajstić information content (AvgIpc) is 4.04. The average molecular weight is 795 g/mol. The molecule has 1 unspecified atom stereocenters. The lowest BCUT2D eigenvalue weighted by Crippen LogP contribution is -2.53. The molecule has 3 aliphatic rings. The summed E-state index contributed by atoms with van der Waals surface area (Å²) in [5.74, 6) is 0.403. The van der Waals surface area contributed by atoms with Gasteiger partial charge in [0.15, 0.2) is 0 Å². The van der Waals surface area contributed by atoms with Gasteiger partial charge in [0, 0.05) is 19.5 Å². The molecule has 17 heteroatoms. The summed E-state index contributed by atoms with van der Waals surface area (Å²) in [7, 11) is 2.36. The van der Waals surface area contributed by atoms with Crippen LogP contribution in [0.2, 0.25) is 0 Å². The molecule has 2 saturated heterocycles. The third kappa shape index (κ3) is 9.68. The number of carbonyl (C=O) groups excluding carboxylic acids is 4. The van der Waals surface area contributed by atoms with E-state index in [0.717, 1.165) is 47.9 Å². The summed E-state index contributed by atoms with van der Waals surface area (Å²) in [6, 6.07) is 13.2. The molecule has 6 rings (SSSR count). The molecule has 14 nitrogen and oxygen atoms in total. The fraction of sp³-hybridized carbons (Fsp3) is 0.500. The van der Waals surface area contributed by atoms with Crippen LogP contribution >= 0.6 is 0 Å². The highest BCUT2D eigenvalue weighted by Crippen LogP contribution is 2.34. The molecular weight excluding hydrogens is 745 g/mol. The molecule has 0 radical (unpaired) electrons. The third-order valence-electron chi connectivity index (χ3n) is 10.8. The van der Waals surface area contributed by atoms with Crippen molar-refractivity contribution in [1.29, 1.82) is 0 Å². The Morgan fingerprint density at radius 3 is 2.04 bits per heavy atom. The van der Waals surface area contributed by atoms with Crippen LogP contribution in [0.15, 0.2) is 59.7 Å². The van der Waals surface area contributed by atoms with Gasteiger partial charge in [-0.3, -0.25) is 14.6 Å². The van der Waals surface area contributed by atoms with Crippen molar-refractivity contribution in [2.24, 2.45) is 10.9 Å². The minimum atomic E-state index is -4.48. The van der Waals surface area contributed by atoms with Crippen LogP contribution in [-0.2, 0) is 19.1 Å². The quantitative estimate of drug-likeness (QED) is 0.176. The van der Waals surface area contributed by atoms with E-state index in [0.29, 0.717) is 44.1 Å². The number of H-pyrrole nitrogens is 1. The Kier molecular flexibility index (Phi) is 12.7. The maximum Gasteiger partial charge on any atom is 0.407 e. The van der Waals surface area contributed by atoms with Gasteiger partial charge in [-0.15, -0.1) is 0 Å². The van der Waals surface area contributed by atoms with Gasteiger partial charge in [-0.05, 0) is 60.3 Å². The predicted octanol–water partition coefficient (Wildman–Crippen LogP) is 5.89. The van der Waals surface area contributed by atoms with E-state index in [1.54, 1.807) is 11.1 Å². The van der Waals surface area contributed by atoms with Crippen LogP contribution in [-0.4, -0.2) is 108 Å². The molecule has 0 spiro atoms. The van der Waals surface area contributed by atoms with Crippen molar-refractivity contribution >= 4 is 29.8 Å². The van der Waals surface area contributed by atoms with Gasteiger partial charge in [0.2, 0.25) is 11.8 Å². The Balaban J connectivity index is 1.06. The molecule has 5 atom stereocenters. The number of amidine groups is 1. The summed E-state index contributed by atoms with van der Waals surface area (Å²) in [6.45, 7) is 5.10. The highest BCUT2D eigenvalue weighted by molar-refractivity contribution is 5.95. The van der Waals surface area contributed by atoms with Gasteiger partial charge >= 0.3 is 18.4 Å². The first-order chi connectivity index (χ1) is 27.3. The number of methoxy groups -OCH3 is 2. The molecule has 4 heterocycles. The number of carbonyl (C=O) groups is 4. The van der Waals surface area contributed by atoms with Gasteiger partial charge in [-0.1, -0.05) is 62.4 Å². The second-order valence-electron chi connectivity index (χ2n) is 14.9. The molecule has 3 aliphatic heterocycles. The number of rotatable bonds is 12. The maximum absolute atomic E-state index is 13.5. The Labute approximate surface area is 329 Å². The molecule has 0 saturated carbocycles. The predicted molar refractivity (Wildman–Crippen MR) is 205 cm³/mol. The van der Waals surface area contributed by atoms with Crippen molar-refractivity contribution in [3.05, 3.63) is 66.1 Å². The number of alkyl halides is 3. The van der Waals surface area contributed by atoms with E-state index in [-0.39, 0.29) is 23.9 Å². The maximum atomic E-state index is 13.5. The minimum absolute atomic E-state index is 0.127. The molecule has 2 fully saturated rings. The Bertz CT molecular complexity index is 1930. The highest BCUT2D eigenvalue weighted by Gasteiger charge is 2.41. The van der Waals surface area contributed by atoms with Gasteiger partial charge in [-0.25, -0.2) is 14.6 Å². The summed E-state index contributed by atoms with van der Waals surface area (Å²) in [4.78, 5) is 66.8. The number of likely N-dealkylation sites (tertiary alicyclic amines) is 2. The zero-order valence-electron chi connectivity index (χ0n) is 32.4. The number of halogens is 3. The molecule has 0 bridgehead atoms. The third-order valence-corrected chi connectivity index (χ3v) is 10.8. The van der Waals surface area contributed by atoms with Crippen molar-refractivity contribution < 1.29 is 41.8 Å². The number of benzene rings is 2. The topological polar surface area (TPSA) is 170 Å². The van der Waals surface area contributed by atoms with Crippen molar-refractivity contribution in [3.8, 4) is 22.4 Å². The number of hydrogen-bond acceptors (Lipinski definition) is 9. The number of aliphatic imine (C=N–C) groups is 1. The summed E-state index contributed by atoms with van der Waals surface area (Å²) >= 11 is 0. The zero-order valence-corrected chi connectivity index (χ0v) is 32.4. The largest absolute Gasteiger partial charge is 0.453 e. The molecule has 4 amide bonds. The Hall–Kier alpha value is -5.61. The van der Waals surface area contributed by atoms with Crippen LogP contribution in [0.1, 0.15) is 75.8 Å². The second kappa shape index (κ2) is 17.7. The lowest BCUT2D eigenvalue weighted by atomic mass is 9.99. The van der Waals surface area contributed by atoms with Gasteiger partial charge in [0.05, 0.1) is 50.8 Å². The molecular formula is C40H49F3N8O6. The van der Waals surface area contributed by atoms with Crippen LogP contribution in [0.4, 0.5) is 22.8 Å². The van der Waals surface area contributed by atoms with E-state index in [1.165, 1.54) is 12.0 Å². The number of aromatic nitrogens is 2. The van der Waals surface area contributed by atoms with E-state index in [2.05, 4.69) is 35.6 Å². The molecule has 306 valence electrons. The molecule has 0 aliphatic carbocycles. The molecule has 4 N–H and O–H groups in total. The van der Waals surface area contributed by atoms with Crippen LogP contribution in [0.3, 0.4) is 0 Å². The fourth-order valence-electron chi connectivity index (χ4n) is 7.73. The number of hydrogen-bond donors (Lipinski definition) is 4. The summed E-state index contributed by atoms with van der Waals surface area (Å²) in [5.41, 5.74) is 4.76. The second-order valence-corrected chi connectivity index (χ2v) is 14.9. The number of nitrogens with zero attached hydrogens (tertiary/aromatic N) is 4. The lowest BCUT2D eigenvalue weighted by Gasteiger charge is -2.30. The number of alkyl carbamates (subject to hydrolysis) is 2. The number of nitrogens with one attached hydrogen (secondary N) is 4. The van der Waals surface area contributed by atoms with E-state index in [1.807, 2.05) is 62.4 Å². The van der Waals surface area contributed by atoms with Crippen molar-refractivity contribution in [1.82, 2.24) is 35.7 Å². The van der Waals surface area contributed by atoms with Gasteiger partial charge in [0.25, 0.3) is 0 Å². The van der Waals surface area contributed by atoms with E-state index in [4.69, 9.17) is 4.74 Å². The van der Waals surface area contributed by atoms with Crippen LogP contribution in [0, 0.1) is 5.92 Å². The van der Waals surface area contributed by atoms with Crippen molar-refractivity contribution in [2.45, 2.75) is 88.8 Å². The first-order valence-corrected chi connectivity index (χ1v) is 19.2. The smallest absolute Gasteiger partial charge is 0.407 e. The van der Waals surface area contributed by atoms with Crippen LogP contribution in [0.5, 0.6) is 0 Å². The van der Waals surface area contributed by atoms with Gasteiger partial charge < -0.3 is 40.2 Å². The fourth-order valence-corrected chi connectivity index (χ4v) is 7.73. The lowest BCUT2D eigenvalue weighted by molar-refractivity contribution is -0.142. The Morgan fingerprint density at radius 2 is 1.42 bits per heavy atom. The molecule has 1 aromatic heterocycles. The Morgan fingerprint density at radius 1 is 0.842 bits per heavy atom. The first-order valence-electron chi connectivity index (χ1n) is 19.2. The standard InChI is InChI=1S/C40H49F3N8O6/c1-23(2)33(49-39(55)57-4)37(53)51-20-6-8-32(51)35-45-22-30(47-35)27-15-11-25(12-16-27)24-9-13-26(14-10-24)29-21-44-34(46-29)31-7-5-19-50(31)36(52)28(48-38(54)56-3)17-18-40(41,42)43/h9-16,22-23,28-29,31-33H,5-8,17-21H2,1-4H3,(H,44,46)(H,45,47)(H,48,54)(H,49,55)/t28-,29?,31-,32-,33-/m0/s1.